The first-order valence-corrected chi connectivity index (χ1v) is 9.21. The van der Waals surface area contributed by atoms with Gasteiger partial charge >= 0.3 is 0 Å². The molecule has 1 amide bonds. The van der Waals surface area contributed by atoms with Crippen molar-refractivity contribution >= 4 is 21.8 Å². The standard InChI is InChI=1S/C22H20BrNO/c23-21(20-14-8-3-9-15-20)22(25)24(16-18-10-4-1-5-11-18)17-19-12-6-2-7-13-19/h1-15,21H,16-17H2. The summed E-state index contributed by atoms with van der Waals surface area (Å²) in [5.41, 5.74) is 3.22. The van der Waals surface area contributed by atoms with Crippen molar-refractivity contribution in [1.82, 2.24) is 4.90 Å². The summed E-state index contributed by atoms with van der Waals surface area (Å²) in [5, 5.41) is 0. The van der Waals surface area contributed by atoms with Gasteiger partial charge in [-0.05, 0) is 16.7 Å². The van der Waals surface area contributed by atoms with Gasteiger partial charge in [0, 0.05) is 13.1 Å². The number of nitrogens with zero attached hydrogens (tertiary/aromatic N) is 1. The molecular weight excluding hydrogens is 374 g/mol. The lowest BCUT2D eigenvalue weighted by Crippen LogP contribution is -2.32. The van der Waals surface area contributed by atoms with Gasteiger partial charge < -0.3 is 4.90 Å². The number of halogens is 1. The van der Waals surface area contributed by atoms with E-state index in [-0.39, 0.29) is 10.7 Å². The summed E-state index contributed by atoms with van der Waals surface area (Å²) < 4.78 is 0. The van der Waals surface area contributed by atoms with Gasteiger partial charge in [-0.15, -0.1) is 0 Å². The maximum absolute atomic E-state index is 13.1. The summed E-state index contributed by atoms with van der Waals surface area (Å²) in [6.07, 6.45) is 0. The van der Waals surface area contributed by atoms with Crippen molar-refractivity contribution in [2.24, 2.45) is 0 Å². The first-order chi connectivity index (χ1) is 12.2. The molecule has 0 aliphatic carbocycles. The van der Waals surface area contributed by atoms with E-state index in [1.54, 1.807) is 0 Å². The molecule has 3 heteroatoms. The molecule has 0 heterocycles. The van der Waals surface area contributed by atoms with E-state index < -0.39 is 0 Å². The first kappa shape index (κ1) is 17.4. The van der Waals surface area contributed by atoms with Crippen molar-refractivity contribution in [3.8, 4) is 0 Å². The largest absolute Gasteiger partial charge is 0.333 e. The zero-order valence-electron chi connectivity index (χ0n) is 13.9. The van der Waals surface area contributed by atoms with Gasteiger partial charge in [-0.1, -0.05) is 107 Å². The van der Waals surface area contributed by atoms with Crippen LogP contribution >= 0.6 is 15.9 Å². The highest BCUT2D eigenvalue weighted by Gasteiger charge is 2.23. The topological polar surface area (TPSA) is 20.3 Å². The van der Waals surface area contributed by atoms with Crippen LogP contribution in [0.4, 0.5) is 0 Å². The van der Waals surface area contributed by atoms with Crippen molar-refractivity contribution in [3.05, 3.63) is 108 Å². The Morgan fingerprint density at radius 2 is 1.12 bits per heavy atom. The highest BCUT2D eigenvalue weighted by molar-refractivity contribution is 9.09. The smallest absolute Gasteiger partial charge is 0.241 e. The third kappa shape index (κ3) is 4.80. The molecule has 0 spiro atoms. The van der Waals surface area contributed by atoms with Crippen LogP contribution in [0.1, 0.15) is 21.5 Å². The Kier molecular flexibility index (Phi) is 6.02. The summed E-state index contributed by atoms with van der Waals surface area (Å²) in [6, 6.07) is 30.0. The Morgan fingerprint density at radius 1 is 0.720 bits per heavy atom. The number of carbonyl (C=O) groups is 1. The zero-order valence-corrected chi connectivity index (χ0v) is 15.5. The molecule has 0 N–H and O–H groups in total. The van der Waals surface area contributed by atoms with Gasteiger partial charge in [-0.3, -0.25) is 4.79 Å². The van der Waals surface area contributed by atoms with Crippen LogP contribution in [-0.2, 0) is 17.9 Å². The zero-order chi connectivity index (χ0) is 17.5. The van der Waals surface area contributed by atoms with Crippen LogP contribution < -0.4 is 0 Å². The van der Waals surface area contributed by atoms with Crippen molar-refractivity contribution in [2.75, 3.05) is 0 Å². The molecular formula is C22H20BrNO. The molecule has 3 aromatic rings. The molecule has 0 aromatic heterocycles. The second-order valence-electron chi connectivity index (χ2n) is 5.94. The van der Waals surface area contributed by atoms with E-state index in [1.807, 2.05) is 71.6 Å². The van der Waals surface area contributed by atoms with Gasteiger partial charge in [0.15, 0.2) is 0 Å². The maximum atomic E-state index is 13.1. The molecule has 1 unspecified atom stereocenters. The SMILES string of the molecule is O=C(C(Br)c1ccccc1)N(Cc1ccccc1)Cc1ccccc1. The fourth-order valence-electron chi connectivity index (χ4n) is 2.74. The molecule has 0 fully saturated rings. The average Bonchev–Trinajstić information content (AvgIpc) is 2.68. The summed E-state index contributed by atoms with van der Waals surface area (Å²) in [4.78, 5) is 14.7. The second-order valence-corrected chi connectivity index (χ2v) is 6.85. The van der Waals surface area contributed by atoms with Gasteiger partial charge in [-0.2, -0.15) is 0 Å². The Morgan fingerprint density at radius 3 is 1.56 bits per heavy atom. The Hall–Kier alpha value is -2.39. The summed E-state index contributed by atoms with van der Waals surface area (Å²) in [7, 11) is 0. The van der Waals surface area contributed by atoms with Crippen molar-refractivity contribution in [1.29, 1.82) is 0 Å². The predicted octanol–water partition coefficient (Wildman–Crippen LogP) is 5.35. The molecule has 0 aliphatic rings. The van der Waals surface area contributed by atoms with Gasteiger partial charge in [0.1, 0.15) is 4.83 Å². The highest BCUT2D eigenvalue weighted by Crippen LogP contribution is 2.26. The molecule has 126 valence electrons. The Balaban J connectivity index is 1.83. The lowest BCUT2D eigenvalue weighted by atomic mass is 10.1. The molecule has 0 radical (unpaired) electrons. The van der Waals surface area contributed by atoms with Crippen LogP contribution in [0.15, 0.2) is 91.0 Å². The number of rotatable bonds is 6. The van der Waals surface area contributed by atoms with Crippen LogP contribution in [0.5, 0.6) is 0 Å². The molecule has 3 rings (SSSR count). The summed E-state index contributed by atoms with van der Waals surface area (Å²) in [5.74, 6) is 0.0684. The minimum atomic E-state index is -0.346. The average molecular weight is 394 g/mol. The number of carbonyl (C=O) groups excluding carboxylic acids is 1. The molecule has 2 nitrogen and oxygen atoms in total. The minimum absolute atomic E-state index is 0.0684. The van der Waals surface area contributed by atoms with E-state index in [2.05, 4.69) is 40.2 Å². The number of alkyl halides is 1. The quantitative estimate of drug-likeness (QED) is 0.516. The summed E-state index contributed by atoms with van der Waals surface area (Å²) >= 11 is 3.59. The van der Waals surface area contributed by atoms with E-state index in [1.165, 1.54) is 0 Å². The molecule has 0 saturated heterocycles. The van der Waals surface area contributed by atoms with E-state index >= 15 is 0 Å². The maximum Gasteiger partial charge on any atom is 0.241 e. The van der Waals surface area contributed by atoms with E-state index in [0.29, 0.717) is 13.1 Å². The molecule has 3 aromatic carbocycles. The van der Waals surface area contributed by atoms with Crippen molar-refractivity contribution in [3.63, 3.8) is 0 Å². The van der Waals surface area contributed by atoms with Crippen LogP contribution in [-0.4, -0.2) is 10.8 Å². The predicted molar refractivity (Wildman–Crippen MR) is 105 cm³/mol. The summed E-state index contributed by atoms with van der Waals surface area (Å²) in [6.45, 7) is 1.17. The van der Waals surface area contributed by atoms with Crippen molar-refractivity contribution in [2.45, 2.75) is 17.9 Å². The fraction of sp³-hybridized carbons (Fsp3) is 0.136. The van der Waals surface area contributed by atoms with Crippen LogP contribution in [0.2, 0.25) is 0 Å². The first-order valence-electron chi connectivity index (χ1n) is 8.29. The van der Waals surface area contributed by atoms with Gasteiger partial charge in [0.05, 0.1) is 0 Å². The third-order valence-corrected chi connectivity index (χ3v) is 4.97. The molecule has 0 aliphatic heterocycles. The van der Waals surface area contributed by atoms with Crippen LogP contribution in [0.25, 0.3) is 0 Å². The second kappa shape index (κ2) is 8.63. The Labute approximate surface area is 157 Å². The normalized spacial score (nSPS) is 11.7. The Bertz CT molecular complexity index is 749. The fourth-order valence-corrected chi connectivity index (χ4v) is 3.34. The number of amides is 1. The van der Waals surface area contributed by atoms with E-state index in [4.69, 9.17) is 0 Å². The van der Waals surface area contributed by atoms with Crippen molar-refractivity contribution < 1.29 is 4.79 Å². The lowest BCUT2D eigenvalue weighted by Gasteiger charge is -2.26. The number of hydrogen-bond acceptors (Lipinski definition) is 1. The lowest BCUT2D eigenvalue weighted by molar-refractivity contribution is -0.131. The number of hydrogen-bond donors (Lipinski definition) is 0. The minimum Gasteiger partial charge on any atom is -0.333 e. The molecule has 25 heavy (non-hydrogen) atoms. The van der Waals surface area contributed by atoms with Gasteiger partial charge in [0.25, 0.3) is 0 Å². The third-order valence-electron chi connectivity index (χ3n) is 4.05. The van der Waals surface area contributed by atoms with Crippen LogP contribution in [0, 0.1) is 0 Å². The molecule has 1 atom stereocenters. The molecule has 0 bridgehead atoms. The van der Waals surface area contributed by atoms with Crippen LogP contribution in [0.3, 0.4) is 0 Å². The van der Waals surface area contributed by atoms with Gasteiger partial charge in [0.2, 0.25) is 5.91 Å². The number of benzene rings is 3. The monoisotopic (exact) mass is 393 g/mol. The van der Waals surface area contributed by atoms with E-state index in [9.17, 15) is 4.79 Å². The van der Waals surface area contributed by atoms with Gasteiger partial charge in [-0.25, -0.2) is 0 Å². The highest BCUT2D eigenvalue weighted by atomic mass is 79.9. The van der Waals surface area contributed by atoms with E-state index in [0.717, 1.165) is 16.7 Å². The molecule has 0 saturated carbocycles.